The molecule has 54 valence electrons. The van der Waals surface area contributed by atoms with Crippen LogP contribution in [0.25, 0.3) is 0 Å². The second kappa shape index (κ2) is 2.64. The van der Waals surface area contributed by atoms with Gasteiger partial charge >= 0.3 is 0 Å². The molecule has 0 bridgehead atoms. The Labute approximate surface area is 54.7 Å². The molecule has 0 saturated heterocycles. The molecule has 3 N–H and O–H groups in total. The van der Waals surface area contributed by atoms with Gasteiger partial charge in [0.1, 0.15) is 0 Å². The molecule has 0 aromatic heterocycles. The molecule has 1 fully saturated rings. The maximum Gasteiger partial charge on any atom is 0.0994 e. The molecule has 3 heteroatoms. The lowest BCUT2D eigenvalue weighted by Gasteiger charge is -1.96. The standard InChI is InChI=1S/C6H13NO2/c1-2-3-7-4-5(8)6(4)9/h4-9H,2-3H2,1H3. The Balaban J connectivity index is 2.04. The summed E-state index contributed by atoms with van der Waals surface area (Å²) in [5.74, 6) is 0. The highest BCUT2D eigenvalue weighted by atomic mass is 16.4. The van der Waals surface area contributed by atoms with E-state index >= 15 is 0 Å². The Kier molecular flexibility index (Phi) is 2.05. The van der Waals surface area contributed by atoms with E-state index in [4.69, 9.17) is 10.2 Å². The summed E-state index contributed by atoms with van der Waals surface area (Å²) in [6.07, 6.45) is 0.00347. The second-order valence-electron chi connectivity index (χ2n) is 2.46. The third kappa shape index (κ3) is 1.41. The van der Waals surface area contributed by atoms with Crippen molar-refractivity contribution in [1.82, 2.24) is 5.32 Å². The minimum absolute atomic E-state index is 0.0510. The van der Waals surface area contributed by atoms with Gasteiger partial charge in [0.2, 0.25) is 0 Å². The first-order valence-electron chi connectivity index (χ1n) is 3.37. The largest absolute Gasteiger partial charge is 0.389 e. The quantitative estimate of drug-likeness (QED) is 0.465. The van der Waals surface area contributed by atoms with Crippen LogP contribution in [0, 0.1) is 0 Å². The molecule has 1 aliphatic rings. The van der Waals surface area contributed by atoms with Crippen molar-refractivity contribution in [2.45, 2.75) is 31.6 Å². The molecule has 0 aromatic carbocycles. The molecule has 0 heterocycles. The van der Waals surface area contributed by atoms with Gasteiger partial charge in [0.25, 0.3) is 0 Å². The van der Waals surface area contributed by atoms with Crippen molar-refractivity contribution < 1.29 is 10.2 Å². The molecular weight excluding hydrogens is 118 g/mol. The van der Waals surface area contributed by atoms with Crippen molar-refractivity contribution in [3.05, 3.63) is 0 Å². The van der Waals surface area contributed by atoms with Crippen LogP contribution in [-0.2, 0) is 0 Å². The fourth-order valence-electron chi connectivity index (χ4n) is 0.832. The van der Waals surface area contributed by atoms with Crippen LogP contribution in [-0.4, -0.2) is 35.0 Å². The number of nitrogens with one attached hydrogen (secondary N) is 1. The van der Waals surface area contributed by atoms with Gasteiger partial charge < -0.3 is 15.5 Å². The van der Waals surface area contributed by atoms with E-state index in [2.05, 4.69) is 5.32 Å². The summed E-state index contributed by atoms with van der Waals surface area (Å²) in [4.78, 5) is 0. The van der Waals surface area contributed by atoms with Gasteiger partial charge in [-0.1, -0.05) is 6.92 Å². The van der Waals surface area contributed by atoms with Gasteiger partial charge in [-0.25, -0.2) is 0 Å². The van der Waals surface area contributed by atoms with E-state index in [1.54, 1.807) is 0 Å². The van der Waals surface area contributed by atoms with E-state index in [9.17, 15) is 0 Å². The predicted octanol–water partition coefficient (Wildman–Crippen LogP) is -0.910. The lowest BCUT2D eigenvalue weighted by molar-refractivity contribution is 0.180. The zero-order chi connectivity index (χ0) is 6.85. The molecular formula is C6H13NO2. The maximum atomic E-state index is 8.81. The van der Waals surface area contributed by atoms with Crippen LogP contribution < -0.4 is 5.32 Å². The molecule has 0 aromatic rings. The highest BCUT2D eigenvalue weighted by Gasteiger charge is 2.47. The van der Waals surface area contributed by atoms with E-state index in [1.807, 2.05) is 6.92 Å². The van der Waals surface area contributed by atoms with Gasteiger partial charge in [0.05, 0.1) is 18.2 Å². The van der Waals surface area contributed by atoms with Gasteiger partial charge in [0, 0.05) is 0 Å². The number of hydrogen-bond donors (Lipinski definition) is 3. The molecule has 9 heavy (non-hydrogen) atoms. The first-order valence-corrected chi connectivity index (χ1v) is 3.37. The molecule has 2 atom stereocenters. The van der Waals surface area contributed by atoms with Crippen molar-refractivity contribution >= 4 is 0 Å². The van der Waals surface area contributed by atoms with E-state index in [0.717, 1.165) is 13.0 Å². The van der Waals surface area contributed by atoms with Crippen molar-refractivity contribution in [3.63, 3.8) is 0 Å². The normalized spacial score (nSPS) is 41.0. The Morgan fingerprint density at radius 2 is 1.89 bits per heavy atom. The summed E-state index contributed by atoms with van der Waals surface area (Å²) in [6.45, 7) is 2.92. The fraction of sp³-hybridized carbons (Fsp3) is 1.00. The highest BCUT2D eigenvalue weighted by molar-refractivity contribution is 5.04. The molecule has 0 radical (unpaired) electrons. The first kappa shape index (κ1) is 6.99. The summed E-state index contributed by atoms with van der Waals surface area (Å²) >= 11 is 0. The van der Waals surface area contributed by atoms with Crippen LogP contribution in [0.15, 0.2) is 0 Å². The molecule has 0 spiro atoms. The third-order valence-electron chi connectivity index (χ3n) is 1.57. The SMILES string of the molecule is CCCNC1C(O)C1O. The zero-order valence-electron chi connectivity index (χ0n) is 5.54. The van der Waals surface area contributed by atoms with E-state index in [0.29, 0.717) is 0 Å². The minimum Gasteiger partial charge on any atom is -0.389 e. The van der Waals surface area contributed by atoms with Crippen molar-refractivity contribution in [3.8, 4) is 0 Å². The van der Waals surface area contributed by atoms with Crippen LogP contribution in [0.2, 0.25) is 0 Å². The zero-order valence-corrected chi connectivity index (χ0v) is 5.54. The molecule has 2 unspecified atom stereocenters. The number of hydrogen-bond acceptors (Lipinski definition) is 3. The Morgan fingerprint density at radius 1 is 1.33 bits per heavy atom. The van der Waals surface area contributed by atoms with Crippen LogP contribution >= 0.6 is 0 Å². The van der Waals surface area contributed by atoms with Crippen molar-refractivity contribution in [1.29, 1.82) is 0 Å². The predicted molar refractivity (Wildman–Crippen MR) is 34.1 cm³/mol. The summed E-state index contributed by atoms with van der Waals surface area (Å²) < 4.78 is 0. The van der Waals surface area contributed by atoms with Gasteiger partial charge in [-0.3, -0.25) is 0 Å². The van der Waals surface area contributed by atoms with E-state index in [-0.39, 0.29) is 6.04 Å². The highest BCUT2D eigenvalue weighted by Crippen LogP contribution is 2.21. The lowest BCUT2D eigenvalue weighted by Crippen LogP contribution is -2.21. The number of aliphatic hydroxyl groups excluding tert-OH is 2. The Hall–Kier alpha value is -0.120. The van der Waals surface area contributed by atoms with Crippen LogP contribution in [0.5, 0.6) is 0 Å². The van der Waals surface area contributed by atoms with E-state index in [1.165, 1.54) is 0 Å². The summed E-state index contributed by atoms with van der Waals surface area (Å²) in [5.41, 5.74) is 0. The summed E-state index contributed by atoms with van der Waals surface area (Å²) in [5, 5.41) is 20.6. The first-order chi connectivity index (χ1) is 4.27. The van der Waals surface area contributed by atoms with E-state index < -0.39 is 12.2 Å². The summed E-state index contributed by atoms with van der Waals surface area (Å²) in [7, 11) is 0. The summed E-state index contributed by atoms with van der Waals surface area (Å²) in [6, 6.07) is -0.0510. The van der Waals surface area contributed by atoms with Crippen molar-refractivity contribution in [2.75, 3.05) is 6.54 Å². The van der Waals surface area contributed by atoms with Crippen LogP contribution in [0.1, 0.15) is 13.3 Å². The lowest BCUT2D eigenvalue weighted by atomic mass is 10.5. The van der Waals surface area contributed by atoms with Crippen LogP contribution in [0.4, 0.5) is 0 Å². The molecule has 3 nitrogen and oxygen atoms in total. The minimum atomic E-state index is -0.517. The maximum absolute atomic E-state index is 8.81. The Bertz CT molecular complexity index is 89.1. The Morgan fingerprint density at radius 3 is 2.22 bits per heavy atom. The van der Waals surface area contributed by atoms with Gasteiger partial charge in [0.15, 0.2) is 0 Å². The van der Waals surface area contributed by atoms with Gasteiger partial charge in [-0.05, 0) is 13.0 Å². The van der Waals surface area contributed by atoms with Gasteiger partial charge in [-0.15, -0.1) is 0 Å². The molecule has 1 saturated carbocycles. The number of aliphatic hydroxyl groups is 2. The second-order valence-corrected chi connectivity index (χ2v) is 2.46. The smallest absolute Gasteiger partial charge is 0.0994 e. The molecule has 1 rings (SSSR count). The number of rotatable bonds is 3. The van der Waals surface area contributed by atoms with Gasteiger partial charge in [-0.2, -0.15) is 0 Å². The molecule has 1 aliphatic carbocycles. The van der Waals surface area contributed by atoms with Crippen LogP contribution in [0.3, 0.4) is 0 Å². The topological polar surface area (TPSA) is 52.5 Å². The molecule has 0 aliphatic heterocycles. The third-order valence-corrected chi connectivity index (χ3v) is 1.57. The average Bonchev–Trinajstić information content (AvgIpc) is 2.39. The molecule has 0 amide bonds. The van der Waals surface area contributed by atoms with Crippen molar-refractivity contribution in [2.24, 2.45) is 0 Å². The monoisotopic (exact) mass is 131 g/mol. The fourth-order valence-corrected chi connectivity index (χ4v) is 0.832. The average molecular weight is 131 g/mol.